The first-order valence-electron chi connectivity index (χ1n) is 11.8. The predicted octanol–water partition coefficient (Wildman–Crippen LogP) is 5.02. The minimum Gasteiger partial charge on any atom is -0.444 e. The number of aromatic nitrogens is 1. The molecule has 196 valence electrons. The fourth-order valence-corrected chi connectivity index (χ4v) is 4.15. The number of pyridine rings is 1. The average Bonchev–Trinajstić information content (AvgIpc) is 2.80. The second-order valence-electron chi connectivity index (χ2n) is 10.2. The minimum absolute atomic E-state index is 0.127. The zero-order chi connectivity index (χ0) is 27.0. The van der Waals surface area contributed by atoms with E-state index in [-0.39, 0.29) is 32.0 Å². The van der Waals surface area contributed by atoms with Crippen LogP contribution < -0.4 is 5.32 Å². The lowest BCUT2D eigenvalue weighted by atomic mass is 9.91. The van der Waals surface area contributed by atoms with Gasteiger partial charge >= 0.3 is 12.3 Å². The molecule has 1 saturated heterocycles. The predicted molar refractivity (Wildman–Crippen MR) is 132 cm³/mol. The van der Waals surface area contributed by atoms with Gasteiger partial charge in [0.15, 0.2) is 0 Å². The summed E-state index contributed by atoms with van der Waals surface area (Å²) in [5.41, 5.74) is -0.337. The van der Waals surface area contributed by atoms with Crippen molar-refractivity contribution in [2.24, 2.45) is 0 Å². The topological polar surface area (TPSA) is 91.8 Å². The van der Waals surface area contributed by atoms with Crippen LogP contribution in [0.4, 0.5) is 18.0 Å². The number of likely N-dealkylation sites (tertiary alicyclic amines) is 1. The molecule has 2 heterocycles. The zero-order valence-corrected chi connectivity index (χ0v) is 20.7. The number of aliphatic hydroxyl groups is 1. The molecule has 0 atom stereocenters. The number of nitrogens with zero attached hydrogens (tertiary/aromatic N) is 2. The van der Waals surface area contributed by atoms with Gasteiger partial charge in [-0.05, 0) is 51.0 Å². The number of hydrogen-bond acceptors (Lipinski definition) is 5. The Labute approximate surface area is 212 Å². The third-order valence-electron chi connectivity index (χ3n) is 5.99. The zero-order valence-electron chi connectivity index (χ0n) is 20.7. The molecule has 0 bridgehead atoms. The van der Waals surface area contributed by atoms with Gasteiger partial charge in [0.25, 0.3) is 5.91 Å². The van der Waals surface area contributed by atoms with Crippen LogP contribution in [0.3, 0.4) is 0 Å². The minimum atomic E-state index is -4.41. The summed E-state index contributed by atoms with van der Waals surface area (Å²) in [4.78, 5) is 30.5. The van der Waals surface area contributed by atoms with E-state index < -0.39 is 29.0 Å². The number of benzene rings is 2. The summed E-state index contributed by atoms with van der Waals surface area (Å²) < 4.78 is 44.0. The van der Waals surface area contributed by atoms with Crippen molar-refractivity contribution in [2.75, 3.05) is 19.6 Å². The molecule has 0 spiro atoms. The highest BCUT2D eigenvalue weighted by molar-refractivity contribution is 6.00. The van der Waals surface area contributed by atoms with Gasteiger partial charge in [-0.3, -0.25) is 9.78 Å². The average molecular weight is 516 g/mol. The van der Waals surface area contributed by atoms with E-state index in [2.05, 4.69) is 10.3 Å². The van der Waals surface area contributed by atoms with E-state index in [1.54, 1.807) is 45.0 Å². The molecule has 0 aliphatic carbocycles. The first-order chi connectivity index (χ1) is 17.2. The van der Waals surface area contributed by atoms with Crippen molar-refractivity contribution >= 4 is 22.9 Å². The summed E-state index contributed by atoms with van der Waals surface area (Å²) in [6.07, 6.45) is -3.23. The van der Waals surface area contributed by atoms with Crippen molar-refractivity contribution in [3.63, 3.8) is 0 Å². The lowest BCUT2D eigenvalue weighted by molar-refractivity contribution is -0.137. The fourth-order valence-electron chi connectivity index (χ4n) is 4.15. The molecule has 1 aromatic heterocycles. The molecule has 0 unspecified atom stereocenters. The van der Waals surface area contributed by atoms with Crippen molar-refractivity contribution in [3.8, 4) is 11.1 Å². The van der Waals surface area contributed by atoms with E-state index in [1.807, 2.05) is 0 Å². The Morgan fingerprint density at radius 3 is 2.41 bits per heavy atom. The van der Waals surface area contributed by atoms with Crippen LogP contribution in [0.1, 0.15) is 43.1 Å². The Kier molecular flexibility index (Phi) is 6.89. The van der Waals surface area contributed by atoms with Crippen LogP contribution >= 0.6 is 0 Å². The summed E-state index contributed by atoms with van der Waals surface area (Å²) in [5, 5.41) is 14.0. The largest absolute Gasteiger partial charge is 0.444 e. The van der Waals surface area contributed by atoms with E-state index in [4.69, 9.17) is 4.74 Å². The third-order valence-corrected chi connectivity index (χ3v) is 5.99. The molecule has 7 nitrogen and oxygen atoms in total. The normalized spacial score (nSPS) is 15.3. The molecule has 0 radical (unpaired) electrons. The van der Waals surface area contributed by atoms with Gasteiger partial charge in [0, 0.05) is 23.7 Å². The summed E-state index contributed by atoms with van der Waals surface area (Å²) in [6.45, 7) is 5.75. The van der Waals surface area contributed by atoms with Gasteiger partial charge < -0.3 is 20.1 Å². The number of halogens is 3. The monoisotopic (exact) mass is 515 g/mol. The summed E-state index contributed by atoms with van der Waals surface area (Å²) in [6, 6.07) is 11.8. The number of β-amino-alcohol motifs (C(OH)–C–C–N with tert-alkyl or cyclic N) is 1. The van der Waals surface area contributed by atoms with Crippen molar-refractivity contribution in [1.29, 1.82) is 0 Å². The van der Waals surface area contributed by atoms with Gasteiger partial charge in [-0.2, -0.15) is 13.2 Å². The summed E-state index contributed by atoms with van der Waals surface area (Å²) in [5.74, 6) is -0.374. The van der Waals surface area contributed by atoms with Crippen LogP contribution in [0.15, 0.2) is 54.7 Å². The molecular weight excluding hydrogens is 487 g/mol. The standard InChI is InChI=1S/C27H28F3N3O4/c1-25(2,3)37-24(35)33-15-26(36,16-33)11-12-31-23(34)19-13-18-5-4-6-21(22(18)32-14-19)17-7-9-20(10-8-17)27(28,29)30/h4-10,13-14,36H,11-12,15-16H2,1-3H3,(H,31,34). The number of rotatable bonds is 5. The van der Waals surface area contributed by atoms with Crippen LogP contribution in [0.2, 0.25) is 0 Å². The number of carbonyl (C=O) groups excluding carboxylic acids is 2. The van der Waals surface area contributed by atoms with E-state index in [0.29, 0.717) is 27.6 Å². The highest BCUT2D eigenvalue weighted by Crippen LogP contribution is 2.33. The highest BCUT2D eigenvalue weighted by atomic mass is 19.4. The van der Waals surface area contributed by atoms with E-state index in [1.165, 1.54) is 23.2 Å². The number of para-hydroxylation sites is 1. The van der Waals surface area contributed by atoms with Crippen LogP contribution in [0.25, 0.3) is 22.0 Å². The van der Waals surface area contributed by atoms with Crippen LogP contribution in [-0.4, -0.2) is 57.8 Å². The van der Waals surface area contributed by atoms with Gasteiger partial charge in [-0.25, -0.2) is 4.79 Å². The molecule has 4 rings (SSSR count). The lowest BCUT2D eigenvalue weighted by Crippen LogP contribution is -2.64. The lowest BCUT2D eigenvalue weighted by Gasteiger charge is -2.46. The SMILES string of the molecule is CC(C)(C)OC(=O)N1CC(O)(CCNC(=O)c2cnc3c(-c4ccc(C(F)(F)F)cc4)cccc3c2)C1. The van der Waals surface area contributed by atoms with Gasteiger partial charge in [0.2, 0.25) is 0 Å². The van der Waals surface area contributed by atoms with Crippen LogP contribution in [0, 0.1) is 0 Å². The molecule has 1 fully saturated rings. The number of fused-ring (bicyclic) bond motifs is 1. The number of ether oxygens (including phenoxy) is 1. The van der Waals surface area contributed by atoms with Crippen molar-refractivity contribution in [1.82, 2.24) is 15.2 Å². The quantitative estimate of drug-likeness (QED) is 0.498. The van der Waals surface area contributed by atoms with Gasteiger partial charge in [0.05, 0.1) is 29.7 Å². The molecule has 10 heteroatoms. The molecule has 1 aliphatic heterocycles. The molecule has 1 aliphatic rings. The Balaban J connectivity index is 1.37. The van der Waals surface area contributed by atoms with Gasteiger partial charge in [0.1, 0.15) is 11.2 Å². The maximum Gasteiger partial charge on any atom is 0.416 e. The Morgan fingerprint density at radius 2 is 1.78 bits per heavy atom. The van der Waals surface area contributed by atoms with Crippen molar-refractivity contribution in [2.45, 2.75) is 44.6 Å². The first-order valence-corrected chi connectivity index (χ1v) is 11.8. The molecule has 37 heavy (non-hydrogen) atoms. The summed E-state index contributed by atoms with van der Waals surface area (Å²) in [7, 11) is 0. The maximum absolute atomic E-state index is 12.9. The highest BCUT2D eigenvalue weighted by Gasteiger charge is 2.44. The smallest absolute Gasteiger partial charge is 0.416 e. The molecular formula is C27H28F3N3O4. The van der Waals surface area contributed by atoms with E-state index in [0.717, 1.165) is 12.1 Å². The van der Waals surface area contributed by atoms with E-state index in [9.17, 15) is 27.9 Å². The first kappa shape index (κ1) is 26.4. The van der Waals surface area contributed by atoms with Crippen LogP contribution in [0.5, 0.6) is 0 Å². The number of nitrogens with one attached hydrogen (secondary N) is 1. The second-order valence-corrected chi connectivity index (χ2v) is 10.2. The number of amides is 2. The van der Waals surface area contributed by atoms with Gasteiger partial charge in [-0.1, -0.05) is 30.3 Å². The molecule has 2 N–H and O–H groups in total. The van der Waals surface area contributed by atoms with Crippen molar-refractivity contribution in [3.05, 3.63) is 65.9 Å². The Hall–Kier alpha value is -3.66. The van der Waals surface area contributed by atoms with Gasteiger partial charge in [-0.15, -0.1) is 0 Å². The van der Waals surface area contributed by atoms with Crippen molar-refractivity contribution < 1.29 is 32.6 Å². The number of hydrogen-bond donors (Lipinski definition) is 2. The number of alkyl halides is 3. The molecule has 3 aromatic rings. The summed E-state index contributed by atoms with van der Waals surface area (Å²) >= 11 is 0. The maximum atomic E-state index is 12.9. The Bertz CT molecular complexity index is 1310. The van der Waals surface area contributed by atoms with E-state index >= 15 is 0 Å². The Morgan fingerprint density at radius 1 is 1.11 bits per heavy atom. The fraction of sp³-hybridized carbons (Fsp3) is 0.370. The third kappa shape index (κ3) is 6.19. The second kappa shape index (κ2) is 9.66. The number of carbonyl (C=O) groups is 2. The molecule has 2 amide bonds. The van der Waals surface area contributed by atoms with Crippen LogP contribution in [-0.2, 0) is 10.9 Å². The molecule has 2 aromatic carbocycles. The molecule has 0 saturated carbocycles.